The Labute approximate surface area is 246 Å². The lowest BCUT2D eigenvalue weighted by molar-refractivity contribution is -0.123. The molecule has 0 aliphatic heterocycles. The van der Waals surface area contributed by atoms with Gasteiger partial charge in [-0.05, 0) is 62.4 Å². The van der Waals surface area contributed by atoms with Crippen LogP contribution in [0.25, 0.3) is 0 Å². The number of carbonyl (C=O) groups is 3. The molecule has 10 nitrogen and oxygen atoms in total. The summed E-state index contributed by atoms with van der Waals surface area (Å²) in [6.45, 7) is 4.81. The molecule has 0 spiro atoms. The third-order valence-corrected chi connectivity index (χ3v) is 8.57. The van der Waals surface area contributed by atoms with Crippen LogP contribution in [0.2, 0.25) is 5.02 Å². The van der Waals surface area contributed by atoms with Crippen LogP contribution < -0.4 is 15.4 Å². The average Bonchev–Trinajstić information content (AvgIpc) is 3.64. The molecule has 3 aromatic rings. The van der Waals surface area contributed by atoms with Crippen LogP contribution in [0.4, 0.5) is 5.00 Å². The number of nitrogens with one attached hydrogen (secondary N) is 2. The van der Waals surface area contributed by atoms with Crippen LogP contribution in [-0.4, -0.2) is 51.5 Å². The third kappa shape index (κ3) is 7.76. The molecular formula is C27H32ClN5O5S2. The minimum absolute atomic E-state index is 0.0936. The molecule has 0 radical (unpaired) electrons. The number of halogens is 1. The summed E-state index contributed by atoms with van der Waals surface area (Å²) < 4.78 is 12.7. The quantitative estimate of drug-likeness (QED) is 0.197. The molecule has 40 heavy (non-hydrogen) atoms. The van der Waals surface area contributed by atoms with Crippen LogP contribution in [0.5, 0.6) is 5.75 Å². The van der Waals surface area contributed by atoms with Crippen molar-refractivity contribution in [3.8, 4) is 5.75 Å². The van der Waals surface area contributed by atoms with E-state index in [0.717, 1.165) is 42.5 Å². The Kier molecular flexibility index (Phi) is 10.8. The second kappa shape index (κ2) is 14.5. The summed E-state index contributed by atoms with van der Waals surface area (Å²) in [5, 5.41) is 16.0. The number of hydrogen-bond donors (Lipinski definition) is 2. The van der Waals surface area contributed by atoms with Crippen LogP contribution in [0.1, 0.15) is 59.7 Å². The number of esters is 1. The maximum atomic E-state index is 12.9. The molecule has 214 valence electrons. The molecule has 1 aliphatic rings. The fourth-order valence-electron chi connectivity index (χ4n) is 4.21. The topological polar surface area (TPSA) is 124 Å². The van der Waals surface area contributed by atoms with E-state index in [1.807, 2.05) is 4.57 Å². The summed E-state index contributed by atoms with van der Waals surface area (Å²) in [6, 6.07) is 6.77. The minimum atomic E-state index is -0.394. The van der Waals surface area contributed by atoms with Crippen molar-refractivity contribution in [1.29, 1.82) is 0 Å². The van der Waals surface area contributed by atoms with Crippen molar-refractivity contribution in [2.45, 2.75) is 64.2 Å². The van der Waals surface area contributed by atoms with Gasteiger partial charge in [0.15, 0.2) is 17.6 Å². The summed E-state index contributed by atoms with van der Waals surface area (Å²) >= 11 is 8.59. The van der Waals surface area contributed by atoms with Crippen LogP contribution >= 0.6 is 34.7 Å². The van der Waals surface area contributed by atoms with E-state index in [2.05, 4.69) is 27.8 Å². The summed E-state index contributed by atoms with van der Waals surface area (Å²) in [4.78, 5) is 39.0. The Morgan fingerprint density at radius 3 is 2.67 bits per heavy atom. The molecule has 0 bridgehead atoms. The lowest BCUT2D eigenvalue weighted by Crippen LogP contribution is -2.29. The Morgan fingerprint density at radius 1 is 1.12 bits per heavy atom. The molecule has 0 unspecified atom stereocenters. The Bertz CT molecular complexity index is 1340. The standard InChI is InChI=1S/C27H32ClN5O5S2/c1-3-5-13-33-21(14-29-22(34)15-38-18-11-9-17(28)10-12-18)31-32-27(33)39-16-23(35)30-25-24(26(36)37-4-2)19-7-6-8-20(19)40-25/h9-12H,3-8,13-16H2,1-2H3,(H,29,34)(H,30,35). The highest BCUT2D eigenvalue weighted by Gasteiger charge is 2.28. The maximum absolute atomic E-state index is 12.9. The van der Waals surface area contributed by atoms with Gasteiger partial charge >= 0.3 is 5.97 Å². The molecule has 2 heterocycles. The van der Waals surface area contributed by atoms with E-state index in [1.54, 1.807) is 31.2 Å². The molecule has 4 rings (SSSR count). The van der Waals surface area contributed by atoms with Crippen molar-refractivity contribution in [3.63, 3.8) is 0 Å². The molecule has 0 saturated heterocycles. The van der Waals surface area contributed by atoms with E-state index in [-0.39, 0.29) is 37.3 Å². The summed E-state index contributed by atoms with van der Waals surface area (Å²) in [5.74, 6) is 0.300. The highest BCUT2D eigenvalue weighted by atomic mass is 35.5. The second-order valence-electron chi connectivity index (χ2n) is 9.04. The first-order chi connectivity index (χ1) is 19.4. The highest BCUT2D eigenvalue weighted by Crippen LogP contribution is 2.39. The van der Waals surface area contributed by atoms with Crippen molar-refractivity contribution < 1.29 is 23.9 Å². The van der Waals surface area contributed by atoms with E-state index < -0.39 is 5.97 Å². The van der Waals surface area contributed by atoms with Crippen molar-refractivity contribution >= 4 is 57.5 Å². The zero-order valence-electron chi connectivity index (χ0n) is 22.5. The second-order valence-corrected chi connectivity index (χ2v) is 11.5. The number of thioether (sulfide) groups is 1. The van der Waals surface area contributed by atoms with Crippen molar-refractivity contribution in [1.82, 2.24) is 20.1 Å². The monoisotopic (exact) mass is 605 g/mol. The van der Waals surface area contributed by atoms with Gasteiger partial charge in [0.1, 0.15) is 10.8 Å². The Hall–Kier alpha value is -3.09. The largest absolute Gasteiger partial charge is 0.484 e. The molecule has 13 heteroatoms. The maximum Gasteiger partial charge on any atom is 0.341 e. The van der Waals surface area contributed by atoms with E-state index in [4.69, 9.17) is 21.1 Å². The van der Waals surface area contributed by atoms with Gasteiger partial charge in [-0.15, -0.1) is 21.5 Å². The van der Waals surface area contributed by atoms with Crippen molar-refractivity contribution in [2.75, 3.05) is 24.3 Å². The van der Waals surface area contributed by atoms with Crippen molar-refractivity contribution in [2.24, 2.45) is 0 Å². The fraction of sp³-hybridized carbons (Fsp3) is 0.444. The van der Waals surface area contributed by atoms with Crippen LogP contribution in [0, 0.1) is 0 Å². The van der Waals surface area contributed by atoms with Gasteiger partial charge in [0.2, 0.25) is 5.91 Å². The number of anilines is 1. The smallest absolute Gasteiger partial charge is 0.341 e. The van der Waals surface area contributed by atoms with Crippen LogP contribution in [0.3, 0.4) is 0 Å². The SMILES string of the molecule is CCCCn1c(CNC(=O)COc2ccc(Cl)cc2)nnc1SCC(=O)Nc1sc2c(c1C(=O)OCC)CCC2. The number of carbonyl (C=O) groups excluding carboxylic acids is 3. The summed E-state index contributed by atoms with van der Waals surface area (Å²) in [7, 11) is 0. The van der Waals surface area contributed by atoms with E-state index in [1.165, 1.54) is 23.1 Å². The van der Waals surface area contributed by atoms with Gasteiger partial charge in [0.25, 0.3) is 5.91 Å². The van der Waals surface area contributed by atoms with Gasteiger partial charge in [-0.2, -0.15) is 0 Å². The van der Waals surface area contributed by atoms with Gasteiger partial charge < -0.3 is 24.7 Å². The lowest BCUT2D eigenvalue weighted by atomic mass is 10.1. The van der Waals surface area contributed by atoms with Crippen LogP contribution in [0.15, 0.2) is 29.4 Å². The molecular weight excluding hydrogens is 574 g/mol. The van der Waals surface area contributed by atoms with Gasteiger partial charge in [0, 0.05) is 16.4 Å². The first kappa shape index (κ1) is 29.9. The summed E-state index contributed by atoms with van der Waals surface area (Å²) in [6.07, 6.45) is 4.58. The van der Waals surface area contributed by atoms with Gasteiger partial charge in [-0.25, -0.2) is 4.79 Å². The molecule has 0 saturated carbocycles. The number of fused-ring (bicyclic) bond motifs is 1. The number of hydrogen-bond acceptors (Lipinski definition) is 9. The molecule has 1 aliphatic carbocycles. The number of thiophene rings is 1. The minimum Gasteiger partial charge on any atom is -0.484 e. The first-order valence-electron chi connectivity index (χ1n) is 13.2. The predicted octanol–water partition coefficient (Wildman–Crippen LogP) is 4.88. The number of unbranched alkanes of at least 4 members (excludes halogenated alkanes) is 1. The number of benzene rings is 1. The molecule has 2 amide bonds. The molecule has 2 N–H and O–H groups in total. The fourth-order valence-corrected chi connectivity index (χ4v) is 6.41. The van der Waals surface area contributed by atoms with Gasteiger partial charge in [0.05, 0.1) is 24.5 Å². The Morgan fingerprint density at radius 2 is 1.93 bits per heavy atom. The molecule has 1 aromatic carbocycles. The first-order valence-corrected chi connectivity index (χ1v) is 15.4. The molecule has 0 fully saturated rings. The third-order valence-electron chi connectivity index (χ3n) is 6.14. The number of aryl methyl sites for hydroxylation is 1. The molecule has 2 aromatic heterocycles. The summed E-state index contributed by atoms with van der Waals surface area (Å²) in [5.41, 5.74) is 1.48. The zero-order valence-corrected chi connectivity index (χ0v) is 24.8. The average molecular weight is 606 g/mol. The number of rotatable bonds is 14. The number of amides is 2. The Balaban J connectivity index is 1.34. The normalized spacial score (nSPS) is 12.2. The predicted molar refractivity (Wildman–Crippen MR) is 155 cm³/mol. The zero-order chi connectivity index (χ0) is 28.5. The van der Waals surface area contributed by atoms with E-state index >= 15 is 0 Å². The van der Waals surface area contributed by atoms with Gasteiger partial charge in [-0.1, -0.05) is 36.7 Å². The van der Waals surface area contributed by atoms with E-state index in [0.29, 0.717) is 38.9 Å². The lowest BCUT2D eigenvalue weighted by Gasteiger charge is -2.11. The van der Waals surface area contributed by atoms with Crippen molar-refractivity contribution in [3.05, 3.63) is 51.1 Å². The van der Waals surface area contributed by atoms with E-state index in [9.17, 15) is 14.4 Å². The number of ether oxygens (including phenoxy) is 2. The highest BCUT2D eigenvalue weighted by molar-refractivity contribution is 7.99. The number of nitrogens with zero attached hydrogens (tertiary/aromatic N) is 3. The van der Waals surface area contributed by atoms with Crippen LogP contribution in [-0.2, 0) is 40.3 Å². The molecule has 0 atom stereocenters. The van der Waals surface area contributed by atoms with Gasteiger partial charge in [-0.3, -0.25) is 9.59 Å². The number of aromatic nitrogens is 3.